The minimum atomic E-state index is 0. The first-order valence-corrected chi connectivity index (χ1v) is 4.75. The van der Waals surface area contributed by atoms with E-state index in [9.17, 15) is 5.11 Å². The standard InChI is InChI=1S/C10H21O.K/c1-9(2)5-4-6-10(3)7-8-11;/h9-10H,4-8H2,1-3H3;/q-1;+1. The van der Waals surface area contributed by atoms with Crippen molar-refractivity contribution in [1.82, 2.24) is 0 Å². The molecule has 0 aromatic heterocycles. The Morgan fingerprint density at radius 1 is 1.00 bits per heavy atom. The molecule has 68 valence electrons. The summed E-state index contributed by atoms with van der Waals surface area (Å²) in [6.07, 6.45) is 4.69. The van der Waals surface area contributed by atoms with Crippen molar-refractivity contribution in [3.8, 4) is 0 Å². The van der Waals surface area contributed by atoms with Gasteiger partial charge in [0.15, 0.2) is 0 Å². The van der Waals surface area contributed by atoms with E-state index in [-0.39, 0.29) is 58.0 Å². The van der Waals surface area contributed by atoms with E-state index in [1.807, 2.05) is 0 Å². The summed E-state index contributed by atoms with van der Waals surface area (Å²) in [4.78, 5) is 0. The first-order chi connectivity index (χ1) is 5.16. The largest absolute Gasteiger partial charge is 1.00 e. The Balaban J connectivity index is 0. The topological polar surface area (TPSA) is 23.1 Å². The van der Waals surface area contributed by atoms with Gasteiger partial charge >= 0.3 is 51.4 Å². The van der Waals surface area contributed by atoms with Crippen molar-refractivity contribution in [2.45, 2.75) is 46.5 Å². The molecule has 0 N–H and O–H groups in total. The molecule has 1 atom stereocenters. The Bertz CT molecular complexity index is 83.9. The summed E-state index contributed by atoms with van der Waals surface area (Å²) in [6.45, 7) is 6.78. The summed E-state index contributed by atoms with van der Waals surface area (Å²) >= 11 is 0. The van der Waals surface area contributed by atoms with Crippen LogP contribution in [0.2, 0.25) is 0 Å². The quantitative estimate of drug-likeness (QED) is 0.510. The molecule has 0 radical (unpaired) electrons. The van der Waals surface area contributed by atoms with Crippen LogP contribution in [0.5, 0.6) is 0 Å². The Morgan fingerprint density at radius 2 is 1.58 bits per heavy atom. The molecule has 0 heterocycles. The summed E-state index contributed by atoms with van der Waals surface area (Å²) in [5, 5.41) is 10.2. The molecule has 0 aliphatic rings. The molecule has 0 fully saturated rings. The fourth-order valence-electron chi connectivity index (χ4n) is 1.22. The molecule has 0 spiro atoms. The fourth-order valence-corrected chi connectivity index (χ4v) is 1.22. The maximum atomic E-state index is 10.2. The molecule has 0 rings (SSSR count). The molecule has 0 aromatic rings. The van der Waals surface area contributed by atoms with Gasteiger partial charge in [-0.2, -0.15) is 0 Å². The average Bonchev–Trinajstić information content (AvgIpc) is 1.87. The smallest absolute Gasteiger partial charge is 0.854 e. The Hall–Kier alpha value is 1.60. The van der Waals surface area contributed by atoms with Gasteiger partial charge in [-0.15, -0.1) is 6.61 Å². The van der Waals surface area contributed by atoms with E-state index in [1.54, 1.807) is 0 Å². The zero-order valence-electron chi connectivity index (χ0n) is 9.10. The first-order valence-electron chi connectivity index (χ1n) is 4.75. The third kappa shape index (κ3) is 11.6. The monoisotopic (exact) mass is 196 g/mol. The van der Waals surface area contributed by atoms with Gasteiger partial charge in [0.05, 0.1) is 0 Å². The van der Waals surface area contributed by atoms with Crippen LogP contribution in [0.4, 0.5) is 0 Å². The predicted octanol–water partition coefficient (Wildman–Crippen LogP) is -0.797. The summed E-state index contributed by atoms with van der Waals surface area (Å²) < 4.78 is 0. The van der Waals surface area contributed by atoms with Crippen LogP contribution in [-0.2, 0) is 0 Å². The van der Waals surface area contributed by atoms with Crippen LogP contribution in [0.1, 0.15) is 46.5 Å². The van der Waals surface area contributed by atoms with E-state index >= 15 is 0 Å². The molecule has 0 aliphatic heterocycles. The SMILES string of the molecule is CC(C)CCCC(C)CC[O-].[K+]. The second-order valence-electron chi connectivity index (χ2n) is 3.92. The van der Waals surface area contributed by atoms with Crippen LogP contribution in [0, 0.1) is 11.8 Å². The van der Waals surface area contributed by atoms with Crippen LogP contribution in [0.15, 0.2) is 0 Å². The molecule has 0 aliphatic carbocycles. The van der Waals surface area contributed by atoms with Gasteiger partial charge in [0.1, 0.15) is 0 Å². The van der Waals surface area contributed by atoms with Crippen LogP contribution in [0.3, 0.4) is 0 Å². The summed E-state index contributed by atoms with van der Waals surface area (Å²) in [5.41, 5.74) is 0. The van der Waals surface area contributed by atoms with E-state index in [0.717, 1.165) is 12.3 Å². The van der Waals surface area contributed by atoms with Crippen molar-refractivity contribution < 1.29 is 56.5 Å². The van der Waals surface area contributed by atoms with Gasteiger partial charge in [-0.3, -0.25) is 0 Å². The minimum Gasteiger partial charge on any atom is -0.854 e. The first kappa shape index (κ1) is 16.0. The van der Waals surface area contributed by atoms with E-state index in [1.165, 1.54) is 19.3 Å². The predicted molar refractivity (Wildman–Crippen MR) is 47.3 cm³/mol. The van der Waals surface area contributed by atoms with E-state index in [0.29, 0.717) is 5.92 Å². The van der Waals surface area contributed by atoms with Gasteiger partial charge in [0, 0.05) is 0 Å². The van der Waals surface area contributed by atoms with Crippen LogP contribution in [-0.4, -0.2) is 6.61 Å². The molecule has 0 saturated heterocycles. The van der Waals surface area contributed by atoms with Crippen LogP contribution >= 0.6 is 0 Å². The van der Waals surface area contributed by atoms with E-state index < -0.39 is 0 Å². The van der Waals surface area contributed by atoms with Gasteiger partial charge in [0.25, 0.3) is 0 Å². The van der Waals surface area contributed by atoms with Crippen molar-refractivity contribution in [1.29, 1.82) is 0 Å². The summed E-state index contributed by atoms with van der Waals surface area (Å²) in [6, 6.07) is 0. The third-order valence-corrected chi connectivity index (χ3v) is 2.09. The third-order valence-electron chi connectivity index (χ3n) is 2.09. The van der Waals surface area contributed by atoms with Gasteiger partial charge in [-0.25, -0.2) is 0 Å². The zero-order valence-corrected chi connectivity index (χ0v) is 12.2. The molecular formula is C10H21KO. The second-order valence-corrected chi connectivity index (χ2v) is 3.92. The molecular weight excluding hydrogens is 175 g/mol. The van der Waals surface area contributed by atoms with Crippen molar-refractivity contribution in [2.75, 3.05) is 6.61 Å². The minimum absolute atomic E-state index is 0. The molecule has 1 unspecified atom stereocenters. The molecule has 0 amide bonds. The Kier molecular flexibility index (Phi) is 14.3. The maximum absolute atomic E-state index is 10.2. The van der Waals surface area contributed by atoms with E-state index in [2.05, 4.69) is 20.8 Å². The normalized spacial score (nSPS) is 12.8. The second kappa shape index (κ2) is 10.7. The average molecular weight is 196 g/mol. The zero-order chi connectivity index (χ0) is 8.69. The van der Waals surface area contributed by atoms with Gasteiger partial charge in [-0.1, -0.05) is 46.5 Å². The van der Waals surface area contributed by atoms with Gasteiger partial charge in [0.2, 0.25) is 0 Å². The van der Waals surface area contributed by atoms with Crippen LogP contribution in [0.25, 0.3) is 0 Å². The number of rotatable bonds is 6. The Labute approximate surface area is 120 Å². The summed E-state index contributed by atoms with van der Waals surface area (Å²) in [7, 11) is 0. The maximum Gasteiger partial charge on any atom is 1.00 e. The van der Waals surface area contributed by atoms with Gasteiger partial charge < -0.3 is 5.11 Å². The number of hydrogen-bond acceptors (Lipinski definition) is 1. The van der Waals surface area contributed by atoms with Crippen molar-refractivity contribution in [2.24, 2.45) is 11.8 Å². The molecule has 0 saturated carbocycles. The van der Waals surface area contributed by atoms with Gasteiger partial charge in [-0.05, 0) is 11.8 Å². The molecule has 12 heavy (non-hydrogen) atoms. The molecule has 2 heteroatoms. The van der Waals surface area contributed by atoms with E-state index in [4.69, 9.17) is 0 Å². The number of hydrogen-bond donors (Lipinski definition) is 0. The molecule has 0 bridgehead atoms. The summed E-state index contributed by atoms with van der Waals surface area (Å²) in [5.74, 6) is 1.46. The molecule has 0 aromatic carbocycles. The Morgan fingerprint density at radius 3 is 2.00 bits per heavy atom. The van der Waals surface area contributed by atoms with Crippen LogP contribution < -0.4 is 56.5 Å². The van der Waals surface area contributed by atoms with Crippen molar-refractivity contribution in [3.05, 3.63) is 0 Å². The van der Waals surface area contributed by atoms with Crippen molar-refractivity contribution >= 4 is 0 Å². The molecule has 1 nitrogen and oxygen atoms in total. The van der Waals surface area contributed by atoms with Crippen molar-refractivity contribution in [3.63, 3.8) is 0 Å². The fraction of sp³-hybridized carbons (Fsp3) is 1.00.